The molecule has 2 aromatic rings. The molecule has 1 aliphatic carbocycles. The molecule has 2 atom stereocenters. The molecular weight excluding hydrogens is 472 g/mol. The molecule has 2 unspecified atom stereocenters. The number of hydrogen-bond donors (Lipinski definition) is 2. The summed E-state index contributed by atoms with van der Waals surface area (Å²) in [5.41, 5.74) is 0. The minimum Gasteiger partial charge on any atom is -0.459 e. The summed E-state index contributed by atoms with van der Waals surface area (Å²) >= 11 is 0. The molecule has 0 aromatic carbocycles. The molecule has 11 heteroatoms. The molecule has 188 valence electrons. The van der Waals surface area contributed by atoms with Gasteiger partial charge in [-0.2, -0.15) is 4.31 Å². The van der Waals surface area contributed by atoms with Crippen LogP contribution in [0.3, 0.4) is 0 Å². The maximum Gasteiger partial charge on any atom is 0.287 e. The van der Waals surface area contributed by atoms with Crippen molar-refractivity contribution in [3.05, 3.63) is 48.6 Å². The summed E-state index contributed by atoms with van der Waals surface area (Å²) < 4.78 is 32.1. The number of pyridine rings is 1. The van der Waals surface area contributed by atoms with Crippen LogP contribution in [0.1, 0.15) is 55.5 Å². The van der Waals surface area contributed by atoms with Crippen molar-refractivity contribution in [3.63, 3.8) is 0 Å². The van der Waals surface area contributed by atoms with Crippen molar-refractivity contribution >= 4 is 27.6 Å². The first kappa shape index (κ1) is 25.1. The molecule has 2 amide bonds. The van der Waals surface area contributed by atoms with Crippen LogP contribution >= 0.6 is 0 Å². The van der Waals surface area contributed by atoms with Crippen molar-refractivity contribution in [2.24, 2.45) is 5.92 Å². The highest BCUT2D eigenvalue weighted by Crippen LogP contribution is 2.29. The second kappa shape index (κ2) is 11.1. The third-order valence-electron chi connectivity index (χ3n) is 6.59. The molecule has 0 bridgehead atoms. The summed E-state index contributed by atoms with van der Waals surface area (Å²) in [5, 5.41) is 5.41. The molecule has 35 heavy (non-hydrogen) atoms. The molecular formula is C24H30N4O6S. The molecule has 1 saturated heterocycles. The average molecular weight is 503 g/mol. The highest BCUT2D eigenvalue weighted by atomic mass is 32.2. The van der Waals surface area contributed by atoms with Gasteiger partial charge in [0.25, 0.3) is 15.9 Å². The number of aromatic nitrogens is 1. The summed E-state index contributed by atoms with van der Waals surface area (Å²) in [7, 11) is -3.92. The topological polar surface area (TPSA) is 139 Å². The lowest BCUT2D eigenvalue weighted by Crippen LogP contribution is -2.52. The molecule has 2 fully saturated rings. The Labute approximate surface area is 204 Å². The second-order valence-corrected chi connectivity index (χ2v) is 11.0. The predicted octanol–water partition coefficient (Wildman–Crippen LogP) is 1.89. The van der Waals surface area contributed by atoms with Gasteiger partial charge >= 0.3 is 0 Å². The van der Waals surface area contributed by atoms with E-state index in [0.29, 0.717) is 25.2 Å². The van der Waals surface area contributed by atoms with Crippen LogP contribution < -0.4 is 10.6 Å². The number of furan rings is 1. The van der Waals surface area contributed by atoms with Gasteiger partial charge < -0.3 is 15.1 Å². The Morgan fingerprint density at radius 1 is 1.11 bits per heavy atom. The lowest BCUT2D eigenvalue weighted by Gasteiger charge is -2.24. The molecule has 2 N–H and O–H groups in total. The van der Waals surface area contributed by atoms with Gasteiger partial charge in [-0.15, -0.1) is 0 Å². The first-order chi connectivity index (χ1) is 16.8. The van der Waals surface area contributed by atoms with Crippen LogP contribution in [0, 0.1) is 5.92 Å². The van der Waals surface area contributed by atoms with E-state index in [1.54, 1.807) is 18.2 Å². The first-order valence-corrected chi connectivity index (χ1v) is 13.4. The lowest BCUT2D eigenvalue weighted by molar-refractivity contribution is -0.129. The van der Waals surface area contributed by atoms with E-state index in [9.17, 15) is 22.8 Å². The van der Waals surface area contributed by atoms with Crippen molar-refractivity contribution in [2.75, 3.05) is 13.1 Å². The van der Waals surface area contributed by atoms with Crippen molar-refractivity contribution in [2.45, 2.75) is 62.1 Å². The van der Waals surface area contributed by atoms with Crippen molar-refractivity contribution < 1.29 is 27.2 Å². The Balaban J connectivity index is 1.43. The summed E-state index contributed by atoms with van der Waals surface area (Å²) in [6, 6.07) is 6.04. The number of nitrogens with one attached hydrogen (secondary N) is 2. The first-order valence-electron chi connectivity index (χ1n) is 11.9. The number of amides is 2. The number of carbonyl (C=O) groups excluding carboxylic acids is 3. The SMILES string of the molecule is O=C(NC(CC1CCCC1)C(=O)NC1CCCN(S(=O)(=O)c2ccccn2)CC1=O)c1ccco1. The second-order valence-electron chi connectivity index (χ2n) is 9.07. The van der Waals surface area contributed by atoms with E-state index < -0.39 is 39.7 Å². The lowest BCUT2D eigenvalue weighted by atomic mass is 9.97. The van der Waals surface area contributed by atoms with Gasteiger partial charge in [-0.05, 0) is 49.4 Å². The molecule has 0 spiro atoms. The maximum atomic E-state index is 13.2. The van der Waals surface area contributed by atoms with Gasteiger partial charge in [0.1, 0.15) is 6.04 Å². The molecule has 0 radical (unpaired) electrons. The predicted molar refractivity (Wildman–Crippen MR) is 126 cm³/mol. The van der Waals surface area contributed by atoms with Crippen molar-refractivity contribution in [1.82, 2.24) is 19.9 Å². The Morgan fingerprint density at radius 2 is 1.91 bits per heavy atom. The van der Waals surface area contributed by atoms with E-state index in [1.807, 2.05) is 0 Å². The Hall–Kier alpha value is -3.05. The molecule has 10 nitrogen and oxygen atoms in total. The zero-order valence-corrected chi connectivity index (χ0v) is 20.2. The molecule has 3 heterocycles. The number of Topliss-reactive ketones (excluding diaryl/α,β-unsaturated/α-hetero) is 1. The molecule has 4 rings (SSSR count). The van der Waals surface area contributed by atoms with Crippen molar-refractivity contribution in [3.8, 4) is 0 Å². The van der Waals surface area contributed by atoms with Crippen LogP contribution in [0.2, 0.25) is 0 Å². The van der Waals surface area contributed by atoms with Gasteiger partial charge in [0.2, 0.25) is 5.91 Å². The Morgan fingerprint density at radius 3 is 2.60 bits per heavy atom. The van der Waals surface area contributed by atoms with E-state index >= 15 is 0 Å². The van der Waals surface area contributed by atoms with E-state index in [0.717, 1.165) is 30.0 Å². The summed E-state index contributed by atoms with van der Waals surface area (Å²) in [6.45, 7) is -0.201. The van der Waals surface area contributed by atoms with Crippen LogP contribution in [0.4, 0.5) is 0 Å². The van der Waals surface area contributed by atoms with Gasteiger partial charge in [-0.3, -0.25) is 14.4 Å². The minimum absolute atomic E-state index is 0.107. The molecule has 2 aliphatic rings. The zero-order chi connectivity index (χ0) is 24.8. The van der Waals surface area contributed by atoms with Crippen LogP contribution in [0.15, 0.2) is 52.2 Å². The number of hydrogen-bond acceptors (Lipinski definition) is 7. The third kappa shape index (κ3) is 6.15. The van der Waals surface area contributed by atoms with Gasteiger partial charge in [-0.1, -0.05) is 31.7 Å². The highest BCUT2D eigenvalue weighted by molar-refractivity contribution is 7.89. The largest absolute Gasteiger partial charge is 0.459 e. The van der Waals surface area contributed by atoms with E-state index in [2.05, 4.69) is 15.6 Å². The fourth-order valence-electron chi connectivity index (χ4n) is 4.71. The van der Waals surface area contributed by atoms with Gasteiger partial charge in [0.05, 0.1) is 18.8 Å². The smallest absolute Gasteiger partial charge is 0.287 e. The quantitative estimate of drug-likeness (QED) is 0.562. The van der Waals surface area contributed by atoms with Crippen LogP contribution in [-0.2, 0) is 19.6 Å². The standard InChI is InChI=1S/C24H30N4O6S/c29-20-16-28(35(32,33)22-11-3-4-12-25-22)13-5-9-18(20)26-23(30)19(15-17-7-1-2-8-17)27-24(31)21-10-6-14-34-21/h3-4,6,10-12,14,17-19H,1-2,5,7-9,13,15-16H2,(H,26,30)(H,27,31). The Bertz CT molecular complexity index is 1130. The molecule has 2 aromatic heterocycles. The zero-order valence-electron chi connectivity index (χ0n) is 19.4. The van der Waals surface area contributed by atoms with Gasteiger partial charge in [0, 0.05) is 12.7 Å². The number of carbonyl (C=O) groups is 3. The summed E-state index contributed by atoms with van der Waals surface area (Å²) in [6.07, 6.45) is 8.11. The van der Waals surface area contributed by atoms with E-state index in [4.69, 9.17) is 4.42 Å². The molecule has 1 saturated carbocycles. The van der Waals surface area contributed by atoms with Crippen LogP contribution in [0.5, 0.6) is 0 Å². The van der Waals surface area contributed by atoms with E-state index in [-0.39, 0.29) is 23.9 Å². The fraction of sp³-hybridized carbons (Fsp3) is 0.500. The number of nitrogens with zero attached hydrogens (tertiary/aromatic N) is 2. The van der Waals surface area contributed by atoms with Crippen LogP contribution in [0.25, 0.3) is 0 Å². The third-order valence-corrected chi connectivity index (χ3v) is 8.35. The van der Waals surface area contributed by atoms with E-state index in [1.165, 1.54) is 24.6 Å². The highest BCUT2D eigenvalue weighted by Gasteiger charge is 2.35. The molecule has 1 aliphatic heterocycles. The van der Waals surface area contributed by atoms with Gasteiger partial charge in [-0.25, -0.2) is 13.4 Å². The maximum absolute atomic E-state index is 13.2. The minimum atomic E-state index is -3.92. The monoisotopic (exact) mass is 502 g/mol. The Kier molecular flexibility index (Phi) is 7.97. The van der Waals surface area contributed by atoms with Crippen LogP contribution in [-0.4, -0.2) is 60.5 Å². The fourth-order valence-corrected chi connectivity index (χ4v) is 6.08. The number of sulfonamides is 1. The summed E-state index contributed by atoms with van der Waals surface area (Å²) in [5.74, 6) is -0.918. The normalized spacial score (nSPS) is 20.8. The van der Waals surface area contributed by atoms with Gasteiger partial charge in [0.15, 0.2) is 16.6 Å². The number of rotatable bonds is 8. The number of ketones is 1. The summed E-state index contributed by atoms with van der Waals surface area (Å²) in [4.78, 5) is 42.7. The average Bonchev–Trinajstić information content (AvgIpc) is 3.54. The van der Waals surface area contributed by atoms with Crippen molar-refractivity contribution in [1.29, 1.82) is 0 Å².